The largest absolute Gasteiger partial charge is 0.312 e. The standard InChI is InChI=1S/C13H10F3N3O/c14-8-3-6(4-9(15)11(8)16)12-18-10-1-2-17-5-7(10)13(20)19-12/h3-4,17H,1-2,5H2,(H,18,19,20). The molecule has 0 radical (unpaired) electrons. The number of H-pyrrole nitrogens is 1. The van der Waals surface area contributed by atoms with Crippen molar-refractivity contribution in [1.82, 2.24) is 15.3 Å². The fraction of sp³-hybridized carbons (Fsp3) is 0.231. The van der Waals surface area contributed by atoms with Gasteiger partial charge in [-0.1, -0.05) is 0 Å². The van der Waals surface area contributed by atoms with Crippen LogP contribution in [0.25, 0.3) is 11.4 Å². The first-order valence-electron chi connectivity index (χ1n) is 6.04. The Morgan fingerprint density at radius 2 is 1.85 bits per heavy atom. The Morgan fingerprint density at radius 3 is 2.55 bits per heavy atom. The van der Waals surface area contributed by atoms with E-state index in [1.165, 1.54) is 0 Å². The molecule has 0 aliphatic carbocycles. The lowest BCUT2D eigenvalue weighted by molar-refractivity contribution is 0.447. The van der Waals surface area contributed by atoms with Crippen LogP contribution in [0.1, 0.15) is 11.3 Å². The van der Waals surface area contributed by atoms with Gasteiger partial charge in [0.25, 0.3) is 5.56 Å². The first-order valence-corrected chi connectivity index (χ1v) is 6.04. The van der Waals surface area contributed by atoms with Gasteiger partial charge >= 0.3 is 0 Å². The van der Waals surface area contributed by atoms with E-state index in [4.69, 9.17) is 0 Å². The molecular weight excluding hydrogens is 271 g/mol. The fourth-order valence-corrected chi connectivity index (χ4v) is 2.18. The van der Waals surface area contributed by atoms with E-state index in [0.29, 0.717) is 30.8 Å². The van der Waals surface area contributed by atoms with E-state index >= 15 is 0 Å². The molecule has 20 heavy (non-hydrogen) atoms. The second kappa shape index (κ2) is 4.75. The third-order valence-corrected chi connectivity index (χ3v) is 3.20. The van der Waals surface area contributed by atoms with Crippen LogP contribution < -0.4 is 10.9 Å². The molecular formula is C13H10F3N3O. The Hall–Kier alpha value is -2.15. The summed E-state index contributed by atoms with van der Waals surface area (Å²) >= 11 is 0. The highest BCUT2D eigenvalue weighted by atomic mass is 19.2. The van der Waals surface area contributed by atoms with Gasteiger partial charge < -0.3 is 10.3 Å². The van der Waals surface area contributed by atoms with E-state index < -0.39 is 17.5 Å². The summed E-state index contributed by atoms with van der Waals surface area (Å²) in [4.78, 5) is 18.6. The van der Waals surface area contributed by atoms with E-state index in [1.807, 2.05) is 0 Å². The van der Waals surface area contributed by atoms with Crippen LogP contribution in [0.3, 0.4) is 0 Å². The molecule has 0 saturated carbocycles. The Labute approximate surface area is 111 Å². The maximum atomic E-state index is 13.2. The zero-order valence-corrected chi connectivity index (χ0v) is 10.3. The zero-order valence-electron chi connectivity index (χ0n) is 10.3. The smallest absolute Gasteiger partial charge is 0.255 e. The summed E-state index contributed by atoms with van der Waals surface area (Å²) in [5, 5.41) is 3.04. The van der Waals surface area contributed by atoms with Gasteiger partial charge in [0.2, 0.25) is 0 Å². The molecule has 1 aliphatic heterocycles. The molecule has 4 nitrogen and oxygen atoms in total. The number of hydrogen-bond acceptors (Lipinski definition) is 3. The molecule has 0 unspecified atom stereocenters. The molecule has 0 amide bonds. The van der Waals surface area contributed by atoms with E-state index in [-0.39, 0.29) is 16.9 Å². The highest BCUT2D eigenvalue weighted by molar-refractivity contribution is 5.55. The SMILES string of the molecule is O=c1[nH]c(-c2cc(F)c(F)c(F)c2)nc2c1CNCC2. The van der Waals surface area contributed by atoms with Crippen LogP contribution in [-0.2, 0) is 13.0 Å². The number of rotatable bonds is 1. The van der Waals surface area contributed by atoms with Gasteiger partial charge in [-0.2, -0.15) is 0 Å². The summed E-state index contributed by atoms with van der Waals surface area (Å²) in [6, 6.07) is 1.62. The Kier molecular flexibility index (Phi) is 3.06. The fourth-order valence-electron chi connectivity index (χ4n) is 2.18. The van der Waals surface area contributed by atoms with E-state index in [2.05, 4.69) is 15.3 Å². The van der Waals surface area contributed by atoms with Crippen molar-refractivity contribution in [1.29, 1.82) is 0 Å². The number of aromatic nitrogens is 2. The number of aromatic amines is 1. The number of benzene rings is 1. The topological polar surface area (TPSA) is 57.8 Å². The molecule has 3 rings (SSSR count). The van der Waals surface area contributed by atoms with Crippen molar-refractivity contribution in [2.45, 2.75) is 13.0 Å². The molecule has 104 valence electrons. The molecule has 0 saturated heterocycles. The van der Waals surface area contributed by atoms with Crippen molar-refractivity contribution in [3.05, 3.63) is 51.2 Å². The normalized spacial score (nSPS) is 14.2. The van der Waals surface area contributed by atoms with E-state index in [0.717, 1.165) is 12.1 Å². The van der Waals surface area contributed by atoms with Gasteiger partial charge in [0, 0.05) is 25.1 Å². The lowest BCUT2D eigenvalue weighted by Gasteiger charge is -2.16. The maximum absolute atomic E-state index is 13.2. The number of fused-ring (bicyclic) bond motifs is 1. The van der Waals surface area contributed by atoms with Crippen molar-refractivity contribution in [2.75, 3.05) is 6.54 Å². The first kappa shape index (κ1) is 12.9. The summed E-state index contributed by atoms with van der Waals surface area (Å²) in [6.45, 7) is 1.08. The minimum atomic E-state index is -1.54. The van der Waals surface area contributed by atoms with Gasteiger partial charge in [-0.25, -0.2) is 18.2 Å². The van der Waals surface area contributed by atoms with Gasteiger partial charge in [0.15, 0.2) is 17.5 Å². The van der Waals surface area contributed by atoms with Crippen LogP contribution in [-0.4, -0.2) is 16.5 Å². The lowest BCUT2D eigenvalue weighted by Crippen LogP contribution is -2.31. The van der Waals surface area contributed by atoms with Crippen LogP contribution in [0.15, 0.2) is 16.9 Å². The summed E-state index contributed by atoms with van der Waals surface area (Å²) in [7, 11) is 0. The number of halogens is 3. The van der Waals surface area contributed by atoms with Crippen LogP contribution in [0.4, 0.5) is 13.2 Å². The van der Waals surface area contributed by atoms with Gasteiger partial charge in [-0.3, -0.25) is 4.79 Å². The highest BCUT2D eigenvalue weighted by Gasteiger charge is 2.18. The molecule has 0 fully saturated rings. The zero-order chi connectivity index (χ0) is 14.3. The Morgan fingerprint density at radius 1 is 1.15 bits per heavy atom. The van der Waals surface area contributed by atoms with Crippen molar-refractivity contribution in [2.24, 2.45) is 0 Å². The van der Waals surface area contributed by atoms with Gasteiger partial charge in [0.1, 0.15) is 5.82 Å². The average Bonchev–Trinajstić information content (AvgIpc) is 2.44. The Bertz CT molecular complexity index is 719. The predicted octanol–water partition coefficient (Wildman–Crippen LogP) is 1.50. The summed E-state index contributed by atoms with van der Waals surface area (Å²) < 4.78 is 39.4. The van der Waals surface area contributed by atoms with Crippen molar-refractivity contribution in [3.63, 3.8) is 0 Å². The summed E-state index contributed by atoms with van der Waals surface area (Å²) in [6.07, 6.45) is 0.554. The quantitative estimate of drug-likeness (QED) is 0.779. The number of hydrogen-bond donors (Lipinski definition) is 2. The minimum Gasteiger partial charge on any atom is -0.312 e. The van der Waals surface area contributed by atoms with Crippen molar-refractivity contribution < 1.29 is 13.2 Å². The van der Waals surface area contributed by atoms with Gasteiger partial charge in [-0.05, 0) is 12.1 Å². The molecule has 7 heteroatoms. The number of nitrogens with zero attached hydrogens (tertiary/aromatic N) is 1. The van der Waals surface area contributed by atoms with Gasteiger partial charge in [0.05, 0.1) is 11.3 Å². The molecule has 0 bridgehead atoms. The van der Waals surface area contributed by atoms with Crippen LogP contribution in [0.5, 0.6) is 0 Å². The lowest BCUT2D eigenvalue weighted by atomic mass is 10.1. The number of nitrogens with one attached hydrogen (secondary N) is 2. The van der Waals surface area contributed by atoms with E-state index in [9.17, 15) is 18.0 Å². The minimum absolute atomic E-state index is 0.000155. The molecule has 0 spiro atoms. The monoisotopic (exact) mass is 281 g/mol. The first-order chi connectivity index (χ1) is 9.56. The molecule has 2 heterocycles. The maximum Gasteiger partial charge on any atom is 0.255 e. The summed E-state index contributed by atoms with van der Waals surface area (Å²) in [5.41, 5.74) is 0.748. The van der Waals surface area contributed by atoms with Crippen LogP contribution >= 0.6 is 0 Å². The third kappa shape index (κ3) is 2.09. The molecule has 0 atom stereocenters. The second-order valence-corrected chi connectivity index (χ2v) is 4.52. The highest BCUT2D eigenvalue weighted by Crippen LogP contribution is 2.21. The van der Waals surface area contributed by atoms with Crippen molar-refractivity contribution >= 4 is 0 Å². The average molecular weight is 281 g/mol. The van der Waals surface area contributed by atoms with Crippen LogP contribution in [0.2, 0.25) is 0 Å². The van der Waals surface area contributed by atoms with Crippen LogP contribution in [0, 0.1) is 17.5 Å². The predicted molar refractivity (Wildman–Crippen MR) is 65.6 cm³/mol. The van der Waals surface area contributed by atoms with E-state index in [1.54, 1.807) is 0 Å². The van der Waals surface area contributed by atoms with Crippen molar-refractivity contribution in [3.8, 4) is 11.4 Å². The second-order valence-electron chi connectivity index (χ2n) is 4.52. The third-order valence-electron chi connectivity index (χ3n) is 3.20. The summed E-state index contributed by atoms with van der Waals surface area (Å²) in [5.74, 6) is -4.14. The molecule has 1 aliphatic rings. The van der Waals surface area contributed by atoms with Gasteiger partial charge in [-0.15, -0.1) is 0 Å². The Balaban J connectivity index is 2.16. The molecule has 2 N–H and O–H groups in total. The molecule has 2 aromatic rings. The molecule has 1 aromatic carbocycles. The molecule has 1 aromatic heterocycles.